The highest BCUT2D eigenvalue weighted by atomic mass is 31.1. The number of aliphatic hydroxyl groups is 1. The maximum Gasteiger partial charge on any atom is 0.695 e. The molecule has 0 bridgehead atoms. The van der Waals surface area contributed by atoms with Crippen LogP contribution in [0.25, 0.3) is 5.78 Å². The molecular formula is C17H27N3O7PSi+. The Hall–Kier alpha value is -1.46. The van der Waals surface area contributed by atoms with Crippen LogP contribution in [0.4, 0.5) is 0 Å². The van der Waals surface area contributed by atoms with Crippen molar-refractivity contribution in [3.05, 3.63) is 35.0 Å². The maximum atomic E-state index is 12.0. The first kappa shape index (κ1) is 22.2. The lowest BCUT2D eigenvalue weighted by atomic mass is 10.1. The van der Waals surface area contributed by atoms with Crippen molar-refractivity contribution in [2.45, 2.75) is 63.4 Å². The van der Waals surface area contributed by atoms with Gasteiger partial charge in [-0.15, -0.1) is 9.42 Å². The Labute approximate surface area is 170 Å². The number of hydrogen-bond acceptors (Lipinski definition) is 7. The minimum absolute atomic E-state index is 0.134. The van der Waals surface area contributed by atoms with Crippen molar-refractivity contribution in [3.63, 3.8) is 0 Å². The Balaban J connectivity index is 2.05. The van der Waals surface area contributed by atoms with E-state index in [0.717, 1.165) is 0 Å². The molecule has 10 nitrogen and oxygen atoms in total. The molecule has 1 fully saturated rings. The second kappa shape index (κ2) is 7.99. The maximum absolute atomic E-state index is 12.0. The number of aromatic nitrogens is 3. The van der Waals surface area contributed by atoms with Gasteiger partial charge in [0.25, 0.3) is 5.56 Å². The van der Waals surface area contributed by atoms with E-state index in [0.29, 0.717) is 0 Å². The average molecular weight is 444 g/mol. The number of hydrogen-bond donors (Lipinski definition) is 2. The molecule has 0 saturated carbocycles. The molecule has 2 aromatic heterocycles. The Bertz CT molecular complexity index is 954. The molecule has 160 valence electrons. The summed E-state index contributed by atoms with van der Waals surface area (Å²) in [5.41, 5.74) is -0.273. The largest absolute Gasteiger partial charge is 0.695 e. The van der Waals surface area contributed by atoms with Crippen LogP contribution in [0.15, 0.2) is 29.5 Å². The van der Waals surface area contributed by atoms with E-state index in [1.807, 2.05) is 13.1 Å². The molecule has 0 aromatic carbocycles. The lowest BCUT2D eigenvalue weighted by Crippen LogP contribution is -2.50. The minimum atomic E-state index is -2.97. The van der Waals surface area contributed by atoms with E-state index in [-0.39, 0.29) is 23.0 Å². The standard InChI is InChI=1S/C17H26N3O7PSi/c1-17(2,3)29(4,5)27-13-11(10-21)25-15(14(13)26-28(23)24)20-8-6-12(22)19-9-7-18-16(19)20/h6-9,11,13-15,21H,10H2,1-5H3/p+1/t11-,13-,14-,15-/m1/s1. The molecule has 1 unspecified atom stereocenters. The summed E-state index contributed by atoms with van der Waals surface area (Å²) in [6, 6.07) is 1.34. The van der Waals surface area contributed by atoms with E-state index in [9.17, 15) is 19.4 Å². The van der Waals surface area contributed by atoms with E-state index < -0.39 is 41.1 Å². The third kappa shape index (κ3) is 4.22. The van der Waals surface area contributed by atoms with Gasteiger partial charge in [-0.3, -0.25) is 13.8 Å². The molecule has 1 saturated heterocycles. The van der Waals surface area contributed by atoms with Crippen molar-refractivity contribution in [2.75, 3.05) is 6.61 Å². The Morgan fingerprint density at radius 2 is 2.00 bits per heavy atom. The van der Waals surface area contributed by atoms with Crippen LogP contribution in [-0.2, 0) is 18.3 Å². The van der Waals surface area contributed by atoms with Crippen LogP contribution in [0.2, 0.25) is 18.1 Å². The number of nitrogens with zero attached hydrogens (tertiary/aromatic N) is 3. The smallest absolute Gasteiger partial charge is 0.408 e. The summed E-state index contributed by atoms with van der Waals surface area (Å²) in [7, 11) is -5.29. The SMILES string of the molecule is CC(C)(C)[Si](C)(C)O[C@H]1[C@@H](O[P+](=O)O)[C@H](n2ccc(=O)n3ccnc23)O[C@@H]1CO. The van der Waals surface area contributed by atoms with Gasteiger partial charge in [0.1, 0.15) is 12.2 Å². The van der Waals surface area contributed by atoms with Crippen LogP contribution < -0.4 is 5.56 Å². The fourth-order valence-electron chi connectivity index (χ4n) is 3.10. The molecule has 1 aliphatic heterocycles. The van der Waals surface area contributed by atoms with Gasteiger partial charge >= 0.3 is 8.25 Å². The molecule has 12 heteroatoms. The highest BCUT2D eigenvalue weighted by Crippen LogP contribution is 2.44. The predicted octanol–water partition coefficient (Wildman–Crippen LogP) is 1.81. The van der Waals surface area contributed by atoms with Crippen molar-refractivity contribution in [3.8, 4) is 0 Å². The Morgan fingerprint density at radius 3 is 2.59 bits per heavy atom. The van der Waals surface area contributed by atoms with E-state index in [1.54, 1.807) is 4.57 Å². The van der Waals surface area contributed by atoms with Crippen molar-refractivity contribution in [2.24, 2.45) is 0 Å². The molecule has 3 rings (SSSR count). The van der Waals surface area contributed by atoms with Gasteiger partial charge in [-0.05, 0) is 18.1 Å². The first-order chi connectivity index (χ1) is 13.5. The molecule has 29 heavy (non-hydrogen) atoms. The van der Waals surface area contributed by atoms with Crippen LogP contribution in [0, 0.1) is 0 Å². The molecule has 0 amide bonds. The summed E-state index contributed by atoms with van der Waals surface area (Å²) in [5, 5.41) is 9.78. The average Bonchev–Trinajstić information content (AvgIpc) is 3.21. The number of rotatable bonds is 6. The summed E-state index contributed by atoms with van der Waals surface area (Å²) in [6.07, 6.45) is 1.02. The summed E-state index contributed by atoms with van der Waals surface area (Å²) < 4.78 is 32.2. The number of fused-ring (bicyclic) bond motifs is 1. The zero-order chi connectivity index (χ0) is 21.6. The van der Waals surface area contributed by atoms with Gasteiger partial charge in [-0.2, -0.15) is 0 Å². The van der Waals surface area contributed by atoms with Gasteiger partial charge in [0.2, 0.25) is 5.78 Å². The van der Waals surface area contributed by atoms with Crippen LogP contribution in [0.3, 0.4) is 0 Å². The van der Waals surface area contributed by atoms with E-state index >= 15 is 0 Å². The third-order valence-corrected chi connectivity index (χ3v) is 10.6. The summed E-state index contributed by atoms with van der Waals surface area (Å²) in [4.78, 5) is 25.7. The number of aliphatic hydroxyl groups excluding tert-OH is 1. The molecular weight excluding hydrogens is 417 g/mol. The van der Waals surface area contributed by atoms with Crippen molar-refractivity contribution >= 4 is 22.3 Å². The minimum Gasteiger partial charge on any atom is -0.408 e. The zero-order valence-corrected chi connectivity index (χ0v) is 18.9. The summed E-state index contributed by atoms with van der Waals surface area (Å²) in [5.74, 6) is 0.286. The van der Waals surface area contributed by atoms with E-state index in [1.165, 1.54) is 29.1 Å². The highest BCUT2D eigenvalue weighted by Gasteiger charge is 2.54. The molecule has 3 heterocycles. The molecule has 2 N–H and O–H groups in total. The summed E-state index contributed by atoms with van der Waals surface area (Å²) in [6.45, 7) is 9.92. The van der Waals surface area contributed by atoms with E-state index in [4.69, 9.17) is 13.7 Å². The van der Waals surface area contributed by atoms with Crippen molar-refractivity contribution < 1.29 is 28.3 Å². The van der Waals surface area contributed by atoms with Gasteiger partial charge in [0.15, 0.2) is 20.6 Å². The predicted molar refractivity (Wildman–Crippen MR) is 107 cm³/mol. The quantitative estimate of drug-likeness (QED) is 0.511. The molecule has 0 spiro atoms. The monoisotopic (exact) mass is 444 g/mol. The lowest BCUT2D eigenvalue weighted by molar-refractivity contribution is -0.0485. The highest BCUT2D eigenvalue weighted by molar-refractivity contribution is 7.32. The molecule has 2 aromatic rings. The number of imidazole rings is 1. The first-order valence-corrected chi connectivity index (χ1v) is 13.3. The molecule has 0 radical (unpaired) electrons. The summed E-state index contributed by atoms with van der Waals surface area (Å²) >= 11 is 0. The fraction of sp³-hybridized carbons (Fsp3) is 0.647. The van der Waals surface area contributed by atoms with Gasteiger partial charge in [0.05, 0.1) is 6.61 Å². The van der Waals surface area contributed by atoms with Gasteiger partial charge in [0, 0.05) is 29.2 Å². The second-order valence-corrected chi connectivity index (χ2v) is 14.0. The lowest BCUT2D eigenvalue weighted by Gasteiger charge is -2.39. The Morgan fingerprint density at radius 1 is 1.31 bits per heavy atom. The van der Waals surface area contributed by atoms with Crippen molar-refractivity contribution in [1.29, 1.82) is 0 Å². The molecule has 0 aliphatic carbocycles. The van der Waals surface area contributed by atoms with Crippen LogP contribution in [0.5, 0.6) is 0 Å². The number of ether oxygens (including phenoxy) is 1. The van der Waals surface area contributed by atoms with E-state index in [2.05, 4.69) is 25.8 Å². The zero-order valence-electron chi connectivity index (χ0n) is 17.1. The normalized spacial score (nSPS) is 26.2. The molecule has 5 atom stereocenters. The third-order valence-electron chi connectivity index (χ3n) is 5.66. The van der Waals surface area contributed by atoms with Crippen LogP contribution in [0.1, 0.15) is 27.0 Å². The van der Waals surface area contributed by atoms with Crippen molar-refractivity contribution in [1.82, 2.24) is 14.0 Å². The fourth-order valence-corrected chi connectivity index (χ4v) is 4.86. The van der Waals surface area contributed by atoms with Crippen LogP contribution >= 0.6 is 8.25 Å². The topological polar surface area (TPSA) is 125 Å². The molecule has 1 aliphatic rings. The van der Waals surface area contributed by atoms with Gasteiger partial charge < -0.3 is 14.3 Å². The van der Waals surface area contributed by atoms with Gasteiger partial charge in [-0.25, -0.2) is 4.98 Å². The van der Waals surface area contributed by atoms with Gasteiger partial charge in [-0.1, -0.05) is 20.8 Å². The first-order valence-electron chi connectivity index (χ1n) is 9.27. The Kier molecular flexibility index (Phi) is 6.12. The second-order valence-electron chi connectivity index (χ2n) is 8.56. The van der Waals surface area contributed by atoms with Crippen LogP contribution in [-0.4, -0.2) is 57.2 Å².